The number of nitrogens with zero attached hydrogens (tertiary/aromatic N) is 5. The Morgan fingerprint density at radius 2 is 1.96 bits per heavy atom. The highest BCUT2D eigenvalue weighted by Crippen LogP contribution is 2.32. The standard InChI is InChI=1S/C19H14FN5O2/c20-14-4-2-1-3-13(14)16-9-25-11-22-17(15(25)10-26-16)19-23-18(24-27-19)12-5-7-21-8-6-12/h1-8,11,16H,9-10H2/t16-/m1/s1. The first-order valence-electron chi connectivity index (χ1n) is 8.44. The number of halogens is 1. The van der Waals surface area contributed by atoms with E-state index in [-0.39, 0.29) is 18.5 Å². The average molecular weight is 363 g/mol. The molecule has 3 aromatic heterocycles. The summed E-state index contributed by atoms with van der Waals surface area (Å²) in [6.07, 6.45) is 4.66. The van der Waals surface area contributed by atoms with Crippen LogP contribution in [-0.4, -0.2) is 24.7 Å². The van der Waals surface area contributed by atoms with Crippen molar-refractivity contribution in [3.63, 3.8) is 0 Å². The third-order valence-electron chi connectivity index (χ3n) is 4.55. The van der Waals surface area contributed by atoms with E-state index in [2.05, 4.69) is 20.1 Å². The van der Waals surface area contributed by atoms with E-state index in [0.717, 1.165) is 11.3 Å². The van der Waals surface area contributed by atoms with Gasteiger partial charge in [-0.1, -0.05) is 23.4 Å². The Kier molecular flexibility index (Phi) is 3.75. The normalized spacial score (nSPS) is 16.3. The van der Waals surface area contributed by atoms with Crippen molar-refractivity contribution in [3.05, 3.63) is 72.2 Å². The number of hydrogen-bond acceptors (Lipinski definition) is 6. The van der Waals surface area contributed by atoms with Gasteiger partial charge >= 0.3 is 0 Å². The zero-order valence-corrected chi connectivity index (χ0v) is 14.1. The Morgan fingerprint density at radius 1 is 1.11 bits per heavy atom. The zero-order chi connectivity index (χ0) is 18.2. The summed E-state index contributed by atoms with van der Waals surface area (Å²) in [6, 6.07) is 10.3. The van der Waals surface area contributed by atoms with Crippen molar-refractivity contribution < 1.29 is 13.7 Å². The lowest BCUT2D eigenvalue weighted by atomic mass is 10.1. The molecule has 1 aromatic carbocycles. The lowest BCUT2D eigenvalue weighted by molar-refractivity contribution is 0.00126. The summed E-state index contributed by atoms with van der Waals surface area (Å²) in [7, 11) is 0. The van der Waals surface area contributed by atoms with E-state index in [0.29, 0.717) is 29.5 Å². The highest BCUT2D eigenvalue weighted by molar-refractivity contribution is 5.58. The van der Waals surface area contributed by atoms with Gasteiger partial charge in [-0.15, -0.1) is 0 Å². The topological polar surface area (TPSA) is 78.9 Å². The summed E-state index contributed by atoms with van der Waals surface area (Å²) in [4.78, 5) is 12.8. The molecular weight excluding hydrogens is 349 g/mol. The Hall–Kier alpha value is -3.39. The number of rotatable bonds is 3. The molecule has 0 bridgehead atoms. The van der Waals surface area contributed by atoms with Crippen LogP contribution in [0.3, 0.4) is 0 Å². The molecule has 1 aliphatic rings. The van der Waals surface area contributed by atoms with Crippen LogP contribution in [0.1, 0.15) is 17.4 Å². The zero-order valence-electron chi connectivity index (χ0n) is 14.1. The maximum absolute atomic E-state index is 14.0. The SMILES string of the molecule is Fc1ccccc1[C@H]1Cn2cnc(-c3nc(-c4ccncc4)no3)c2CO1. The summed E-state index contributed by atoms with van der Waals surface area (Å²) in [5, 5.41) is 4.01. The van der Waals surface area contributed by atoms with E-state index in [1.807, 2.05) is 4.57 Å². The van der Waals surface area contributed by atoms with Gasteiger partial charge in [0.2, 0.25) is 5.82 Å². The fraction of sp³-hybridized carbons (Fsp3) is 0.158. The van der Waals surface area contributed by atoms with Gasteiger partial charge in [-0.05, 0) is 18.2 Å². The van der Waals surface area contributed by atoms with Gasteiger partial charge in [-0.2, -0.15) is 4.98 Å². The van der Waals surface area contributed by atoms with E-state index in [4.69, 9.17) is 9.26 Å². The van der Waals surface area contributed by atoms with Gasteiger partial charge < -0.3 is 13.8 Å². The van der Waals surface area contributed by atoms with Crippen LogP contribution in [0.5, 0.6) is 0 Å². The molecule has 4 heterocycles. The van der Waals surface area contributed by atoms with E-state index in [9.17, 15) is 4.39 Å². The second-order valence-corrected chi connectivity index (χ2v) is 6.17. The third kappa shape index (κ3) is 2.80. The summed E-state index contributed by atoms with van der Waals surface area (Å²) >= 11 is 0. The highest BCUT2D eigenvalue weighted by Gasteiger charge is 2.27. The Balaban J connectivity index is 1.44. The molecule has 134 valence electrons. The van der Waals surface area contributed by atoms with Crippen LogP contribution in [0.15, 0.2) is 59.6 Å². The van der Waals surface area contributed by atoms with Crippen LogP contribution in [0.25, 0.3) is 23.0 Å². The maximum atomic E-state index is 14.0. The summed E-state index contributed by atoms with van der Waals surface area (Å²) < 4.78 is 27.2. The minimum absolute atomic E-state index is 0.273. The molecule has 0 fully saturated rings. The number of hydrogen-bond donors (Lipinski definition) is 0. The first-order valence-corrected chi connectivity index (χ1v) is 8.44. The monoisotopic (exact) mass is 363 g/mol. The van der Waals surface area contributed by atoms with Gasteiger partial charge in [0.15, 0.2) is 5.69 Å². The van der Waals surface area contributed by atoms with Crippen molar-refractivity contribution in [2.45, 2.75) is 19.3 Å². The molecule has 8 heteroatoms. The quantitative estimate of drug-likeness (QED) is 0.555. The van der Waals surface area contributed by atoms with E-state index in [1.54, 1.807) is 49.1 Å². The molecular formula is C19H14FN5O2. The molecule has 7 nitrogen and oxygen atoms in total. The van der Waals surface area contributed by atoms with Crippen molar-refractivity contribution in [3.8, 4) is 23.0 Å². The minimum atomic E-state index is -0.365. The smallest absolute Gasteiger partial charge is 0.278 e. The first kappa shape index (κ1) is 15.8. The van der Waals surface area contributed by atoms with Gasteiger partial charge in [-0.3, -0.25) is 4.98 Å². The number of ether oxygens (including phenoxy) is 1. The molecule has 0 unspecified atom stereocenters. The predicted octanol–water partition coefficient (Wildman–Crippen LogP) is 3.41. The van der Waals surface area contributed by atoms with Crippen LogP contribution in [0.4, 0.5) is 4.39 Å². The molecule has 0 aliphatic carbocycles. The number of imidazole rings is 1. The van der Waals surface area contributed by atoms with Crippen molar-refractivity contribution in [2.75, 3.05) is 0 Å². The number of fused-ring (bicyclic) bond motifs is 1. The average Bonchev–Trinajstić information content (AvgIpc) is 3.35. The third-order valence-corrected chi connectivity index (χ3v) is 4.55. The fourth-order valence-corrected chi connectivity index (χ4v) is 3.17. The fourth-order valence-electron chi connectivity index (χ4n) is 3.17. The molecule has 0 spiro atoms. The van der Waals surface area contributed by atoms with E-state index in [1.165, 1.54) is 6.07 Å². The molecule has 4 aromatic rings. The van der Waals surface area contributed by atoms with Gasteiger partial charge in [-0.25, -0.2) is 9.37 Å². The van der Waals surface area contributed by atoms with Gasteiger partial charge in [0.1, 0.15) is 11.9 Å². The Labute approximate surface area is 153 Å². The van der Waals surface area contributed by atoms with Gasteiger partial charge in [0, 0.05) is 23.5 Å². The molecule has 0 saturated heterocycles. The van der Waals surface area contributed by atoms with Crippen molar-refractivity contribution >= 4 is 0 Å². The molecule has 0 saturated carbocycles. The van der Waals surface area contributed by atoms with Crippen LogP contribution >= 0.6 is 0 Å². The second-order valence-electron chi connectivity index (χ2n) is 6.17. The molecule has 0 radical (unpaired) electrons. The number of pyridine rings is 1. The number of aromatic nitrogens is 5. The van der Waals surface area contributed by atoms with Gasteiger partial charge in [0.25, 0.3) is 5.89 Å². The van der Waals surface area contributed by atoms with Crippen molar-refractivity contribution in [1.82, 2.24) is 24.7 Å². The first-order chi connectivity index (χ1) is 13.3. The molecule has 5 rings (SSSR count). The summed E-state index contributed by atoms with van der Waals surface area (Å²) in [5.74, 6) is 0.517. The predicted molar refractivity (Wildman–Crippen MR) is 92.7 cm³/mol. The molecule has 0 N–H and O–H groups in total. The summed E-state index contributed by atoms with van der Waals surface area (Å²) in [5.41, 5.74) is 2.75. The number of benzene rings is 1. The summed E-state index contributed by atoms with van der Waals surface area (Å²) in [6.45, 7) is 0.746. The maximum Gasteiger partial charge on any atom is 0.278 e. The molecule has 27 heavy (non-hydrogen) atoms. The molecule has 1 aliphatic heterocycles. The van der Waals surface area contributed by atoms with Gasteiger partial charge in [0.05, 0.1) is 25.2 Å². The Bertz CT molecular complexity index is 1090. The lowest BCUT2D eigenvalue weighted by Crippen LogP contribution is -2.21. The lowest BCUT2D eigenvalue weighted by Gasteiger charge is -2.25. The molecule has 1 atom stereocenters. The highest BCUT2D eigenvalue weighted by atomic mass is 19.1. The van der Waals surface area contributed by atoms with Crippen LogP contribution in [0.2, 0.25) is 0 Å². The Morgan fingerprint density at radius 3 is 2.81 bits per heavy atom. The van der Waals surface area contributed by atoms with E-state index < -0.39 is 0 Å². The minimum Gasteiger partial charge on any atom is -0.365 e. The van der Waals surface area contributed by atoms with Crippen molar-refractivity contribution in [1.29, 1.82) is 0 Å². The largest absolute Gasteiger partial charge is 0.365 e. The van der Waals surface area contributed by atoms with Crippen LogP contribution in [-0.2, 0) is 17.9 Å². The van der Waals surface area contributed by atoms with Crippen LogP contribution in [0, 0.1) is 5.82 Å². The second kappa shape index (κ2) is 6.40. The van der Waals surface area contributed by atoms with E-state index >= 15 is 0 Å². The van der Waals surface area contributed by atoms with Crippen molar-refractivity contribution in [2.24, 2.45) is 0 Å². The van der Waals surface area contributed by atoms with Crippen LogP contribution < -0.4 is 0 Å². The molecule has 0 amide bonds.